The van der Waals surface area contributed by atoms with Gasteiger partial charge in [-0.25, -0.2) is 0 Å². The maximum absolute atomic E-state index is 11.7. The molecule has 0 aliphatic carbocycles. The Kier molecular flexibility index (Phi) is 5.91. The fraction of sp³-hybridized carbons (Fsp3) is 0.353. The molecule has 0 aliphatic heterocycles. The number of carbonyl (C=O) groups excluding carboxylic acids is 1. The minimum atomic E-state index is -0.0518. The molecule has 1 heterocycles. The monoisotopic (exact) mass is 314 g/mol. The van der Waals surface area contributed by atoms with E-state index in [1.807, 2.05) is 38.1 Å². The second-order valence-corrected chi connectivity index (χ2v) is 5.62. The van der Waals surface area contributed by atoms with Gasteiger partial charge in [0.25, 0.3) is 0 Å². The van der Waals surface area contributed by atoms with E-state index in [1.165, 1.54) is 0 Å². The van der Waals surface area contributed by atoms with E-state index < -0.39 is 0 Å². The van der Waals surface area contributed by atoms with Crippen molar-refractivity contribution in [3.63, 3.8) is 0 Å². The zero-order valence-corrected chi connectivity index (χ0v) is 13.7. The lowest BCUT2D eigenvalue weighted by molar-refractivity contribution is -0.116. The Hall–Kier alpha value is -2.63. The Labute approximate surface area is 136 Å². The van der Waals surface area contributed by atoms with Gasteiger partial charge in [0.15, 0.2) is 5.82 Å². The number of anilines is 2. The van der Waals surface area contributed by atoms with Crippen molar-refractivity contribution in [3.8, 4) is 5.75 Å². The van der Waals surface area contributed by atoms with E-state index in [0.29, 0.717) is 30.5 Å². The molecule has 122 valence electrons. The SMILES string of the molecule is COc1ccccc1CNc1ccc(NC(=O)CC(C)C)nn1. The highest BCUT2D eigenvalue weighted by molar-refractivity contribution is 5.89. The van der Waals surface area contributed by atoms with E-state index >= 15 is 0 Å². The maximum atomic E-state index is 11.7. The molecule has 0 unspecified atom stereocenters. The van der Waals surface area contributed by atoms with Crippen LogP contribution in [-0.2, 0) is 11.3 Å². The third-order valence-electron chi connectivity index (χ3n) is 3.18. The molecule has 1 aromatic carbocycles. The van der Waals surface area contributed by atoms with Gasteiger partial charge in [0.05, 0.1) is 7.11 Å². The van der Waals surface area contributed by atoms with Crippen LogP contribution in [0.3, 0.4) is 0 Å². The minimum absolute atomic E-state index is 0.0518. The summed E-state index contributed by atoms with van der Waals surface area (Å²) < 4.78 is 5.30. The van der Waals surface area contributed by atoms with Crippen molar-refractivity contribution in [1.29, 1.82) is 0 Å². The highest BCUT2D eigenvalue weighted by Crippen LogP contribution is 2.18. The van der Waals surface area contributed by atoms with Crippen molar-refractivity contribution in [2.75, 3.05) is 17.7 Å². The van der Waals surface area contributed by atoms with Gasteiger partial charge in [-0.15, -0.1) is 10.2 Å². The molecule has 2 N–H and O–H groups in total. The number of methoxy groups -OCH3 is 1. The molecule has 0 radical (unpaired) electrons. The van der Waals surface area contributed by atoms with Gasteiger partial charge in [-0.05, 0) is 24.1 Å². The highest BCUT2D eigenvalue weighted by Gasteiger charge is 2.07. The number of ether oxygens (including phenoxy) is 1. The lowest BCUT2D eigenvalue weighted by atomic mass is 10.1. The van der Waals surface area contributed by atoms with Crippen LogP contribution in [0.15, 0.2) is 36.4 Å². The first-order chi connectivity index (χ1) is 11.1. The number of nitrogens with one attached hydrogen (secondary N) is 2. The molecule has 6 nitrogen and oxygen atoms in total. The molecule has 23 heavy (non-hydrogen) atoms. The summed E-state index contributed by atoms with van der Waals surface area (Å²) in [6.07, 6.45) is 0.468. The summed E-state index contributed by atoms with van der Waals surface area (Å²) in [4.78, 5) is 11.7. The van der Waals surface area contributed by atoms with Crippen molar-refractivity contribution in [2.24, 2.45) is 5.92 Å². The van der Waals surface area contributed by atoms with Gasteiger partial charge in [0, 0.05) is 18.5 Å². The Morgan fingerprint density at radius 2 is 1.83 bits per heavy atom. The van der Waals surface area contributed by atoms with Crippen LogP contribution in [0.2, 0.25) is 0 Å². The van der Waals surface area contributed by atoms with Crippen molar-refractivity contribution < 1.29 is 9.53 Å². The molecule has 0 fully saturated rings. The molecule has 0 bridgehead atoms. The second kappa shape index (κ2) is 8.12. The lowest BCUT2D eigenvalue weighted by Crippen LogP contribution is -2.15. The minimum Gasteiger partial charge on any atom is -0.496 e. The lowest BCUT2D eigenvalue weighted by Gasteiger charge is -2.10. The van der Waals surface area contributed by atoms with Crippen molar-refractivity contribution in [3.05, 3.63) is 42.0 Å². The second-order valence-electron chi connectivity index (χ2n) is 5.62. The number of hydrogen-bond donors (Lipinski definition) is 2. The van der Waals surface area contributed by atoms with Gasteiger partial charge >= 0.3 is 0 Å². The zero-order valence-electron chi connectivity index (χ0n) is 13.7. The number of rotatable bonds is 7. The number of amides is 1. The summed E-state index contributed by atoms with van der Waals surface area (Å²) in [5.41, 5.74) is 1.03. The topological polar surface area (TPSA) is 76.1 Å². The van der Waals surface area contributed by atoms with Crippen LogP contribution < -0.4 is 15.4 Å². The van der Waals surface area contributed by atoms with Gasteiger partial charge in [-0.2, -0.15) is 0 Å². The van der Waals surface area contributed by atoms with Gasteiger partial charge in [-0.3, -0.25) is 4.79 Å². The van der Waals surface area contributed by atoms with Crippen LogP contribution >= 0.6 is 0 Å². The van der Waals surface area contributed by atoms with E-state index in [2.05, 4.69) is 20.8 Å². The molecule has 0 atom stereocenters. The molecule has 2 aromatic rings. The summed E-state index contributed by atoms with van der Waals surface area (Å²) >= 11 is 0. The van der Waals surface area contributed by atoms with Crippen LogP contribution in [0.25, 0.3) is 0 Å². The predicted molar refractivity (Wildman–Crippen MR) is 90.4 cm³/mol. The first-order valence-corrected chi connectivity index (χ1v) is 7.58. The zero-order chi connectivity index (χ0) is 16.7. The first-order valence-electron chi connectivity index (χ1n) is 7.58. The number of nitrogens with zero attached hydrogens (tertiary/aromatic N) is 2. The van der Waals surface area contributed by atoms with Crippen LogP contribution in [0.1, 0.15) is 25.8 Å². The maximum Gasteiger partial charge on any atom is 0.225 e. The fourth-order valence-corrected chi connectivity index (χ4v) is 2.09. The van der Waals surface area contributed by atoms with Crippen molar-refractivity contribution >= 4 is 17.5 Å². The predicted octanol–water partition coefficient (Wildman–Crippen LogP) is 3.08. The normalized spacial score (nSPS) is 10.4. The van der Waals surface area contributed by atoms with Gasteiger partial charge < -0.3 is 15.4 Å². The molecule has 1 amide bonds. The van der Waals surface area contributed by atoms with Crippen LogP contribution in [0.5, 0.6) is 5.75 Å². The smallest absolute Gasteiger partial charge is 0.225 e. The molecule has 6 heteroatoms. The summed E-state index contributed by atoms with van der Waals surface area (Å²) in [5.74, 6) is 2.18. The van der Waals surface area contributed by atoms with Gasteiger partial charge in [0.2, 0.25) is 5.91 Å². The first kappa shape index (κ1) is 16.7. The summed E-state index contributed by atoms with van der Waals surface area (Å²) in [6, 6.07) is 11.3. The third-order valence-corrected chi connectivity index (χ3v) is 3.18. The molecular formula is C17H22N4O2. The third kappa shape index (κ3) is 5.25. The Morgan fingerprint density at radius 3 is 2.48 bits per heavy atom. The number of para-hydroxylation sites is 1. The molecule has 0 saturated heterocycles. The Balaban J connectivity index is 1.91. The largest absolute Gasteiger partial charge is 0.496 e. The van der Waals surface area contributed by atoms with E-state index in [-0.39, 0.29) is 5.91 Å². The van der Waals surface area contributed by atoms with Crippen molar-refractivity contribution in [1.82, 2.24) is 10.2 Å². The van der Waals surface area contributed by atoms with Crippen molar-refractivity contribution in [2.45, 2.75) is 26.8 Å². The summed E-state index contributed by atoms with van der Waals surface area (Å²) in [7, 11) is 1.65. The molecule has 0 aliphatic rings. The van der Waals surface area contributed by atoms with Crippen LogP contribution in [0.4, 0.5) is 11.6 Å². The standard InChI is InChI=1S/C17H22N4O2/c1-12(2)10-17(22)19-16-9-8-15(20-21-16)18-11-13-6-4-5-7-14(13)23-3/h4-9,12H,10-11H2,1-3H3,(H,18,20)(H,19,21,22). The molecule has 0 saturated carbocycles. The molecule has 0 spiro atoms. The highest BCUT2D eigenvalue weighted by atomic mass is 16.5. The van der Waals surface area contributed by atoms with E-state index in [1.54, 1.807) is 19.2 Å². The quantitative estimate of drug-likeness (QED) is 0.821. The van der Waals surface area contributed by atoms with E-state index in [4.69, 9.17) is 4.74 Å². The van der Waals surface area contributed by atoms with Crippen LogP contribution in [-0.4, -0.2) is 23.2 Å². The molecular weight excluding hydrogens is 292 g/mol. The molecule has 2 rings (SSSR count). The van der Waals surface area contributed by atoms with E-state index in [0.717, 1.165) is 11.3 Å². The van der Waals surface area contributed by atoms with E-state index in [9.17, 15) is 4.79 Å². The number of hydrogen-bond acceptors (Lipinski definition) is 5. The van der Waals surface area contributed by atoms with Crippen LogP contribution in [0, 0.1) is 5.92 Å². The Bertz CT molecular complexity index is 641. The number of aromatic nitrogens is 2. The Morgan fingerprint density at radius 1 is 1.13 bits per heavy atom. The number of benzene rings is 1. The van der Waals surface area contributed by atoms with Gasteiger partial charge in [-0.1, -0.05) is 32.0 Å². The number of carbonyl (C=O) groups is 1. The fourth-order valence-electron chi connectivity index (χ4n) is 2.09. The average Bonchev–Trinajstić information content (AvgIpc) is 2.53. The van der Waals surface area contributed by atoms with Gasteiger partial charge in [0.1, 0.15) is 11.6 Å². The molecule has 1 aromatic heterocycles. The average molecular weight is 314 g/mol. The summed E-state index contributed by atoms with van der Waals surface area (Å²) in [5, 5.41) is 14.0. The summed E-state index contributed by atoms with van der Waals surface area (Å²) in [6.45, 7) is 4.57.